The van der Waals surface area contributed by atoms with Gasteiger partial charge in [0.1, 0.15) is 0 Å². The van der Waals surface area contributed by atoms with E-state index in [0.717, 1.165) is 0 Å². The Bertz CT molecular complexity index is 248. The smallest absolute Gasteiger partial charge is 0.168 e. The number of rotatable bonds is 1. The Morgan fingerprint density at radius 2 is 1.50 bits per heavy atom. The van der Waals surface area contributed by atoms with Gasteiger partial charge in [0.15, 0.2) is 10.7 Å². The molecule has 0 N–H and O–H groups in total. The average Bonchev–Trinajstić information content (AvgIpc) is 1.90. The Labute approximate surface area is 76.7 Å². The van der Waals surface area contributed by atoms with Crippen LogP contribution >= 0.6 is 0 Å². The van der Waals surface area contributed by atoms with Crippen molar-refractivity contribution >= 4 is 10.7 Å². The third-order valence-electron chi connectivity index (χ3n) is 0.967. The van der Waals surface area contributed by atoms with Gasteiger partial charge in [0.2, 0.25) is 0 Å². The van der Waals surface area contributed by atoms with Crippen LogP contribution in [0.3, 0.4) is 0 Å². The summed E-state index contributed by atoms with van der Waals surface area (Å²) in [4.78, 5) is 0.368. The summed E-state index contributed by atoms with van der Waals surface area (Å²) in [5.41, 5.74) is 0. The van der Waals surface area contributed by atoms with Crippen LogP contribution in [0, 0.1) is 0 Å². The van der Waals surface area contributed by atoms with Gasteiger partial charge in [0, 0.05) is 22.4 Å². The second kappa shape index (κ2) is 4.68. The zero-order chi connectivity index (χ0) is 6.69. The third kappa shape index (κ3) is 2.66. The van der Waals surface area contributed by atoms with E-state index in [4.69, 9.17) is 0 Å². The van der Waals surface area contributed by atoms with E-state index in [9.17, 15) is 8.42 Å². The topological polar surface area (TPSA) is 34.1 Å². The molecule has 0 spiro atoms. The zero-order valence-electron chi connectivity index (χ0n) is 4.95. The van der Waals surface area contributed by atoms with E-state index in [1.165, 1.54) is 0 Å². The van der Waals surface area contributed by atoms with Crippen LogP contribution < -0.4 is 0 Å². The maximum absolute atomic E-state index is 10.2. The van der Waals surface area contributed by atoms with Crippen molar-refractivity contribution in [3.8, 4) is 0 Å². The van der Waals surface area contributed by atoms with E-state index >= 15 is 0 Å². The normalized spacial score (nSPS) is 8.90. The van der Waals surface area contributed by atoms with Crippen LogP contribution in [0.1, 0.15) is 0 Å². The Morgan fingerprint density at radius 3 is 1.80 bits per heavy atom. The van der Waals surface area contributed by atoms with Crippen LogP contribution in [0.4, 0.5) is 0 Å². The molecule has 0 bridgehead atoms. The minimum absolute atomic E-state index is 0. The number of thiol groups is 1. The first-order valence-corrected chi connectivity index (χ1v) is 3.68. The molecule has 2 nitrogen and oxygen atoms in total. The number of hydrogen-bond donors (Lipinski definition) is 1. The van der Waals surface area contributed by atoms with Gasteiger partial charge in [-0.2, -0.15) is 0 Å². The fourth-order valence-corrected chi connectivity index (χ4v) is 0.965. The molecule has 1 aromatic rings. The fourth-order valence-electron chi connectivity index (χ4n) is 0.550. The summed E-state index contributed by atoms with van der Waals surface area (Å²) in [6.07, 6.45) is 0. The molecule has 0 heterocycles. The first kappa shape index (κ1) is 9.91. The SMILES string of the molecule is O=[SH](=O)c1ccccc1.[Ag]. The van der Waals surface area contributed by atoms with Crippen LogP contribution in [0.2, 0.25) is 0 Å². The van der Waals surface area contributed by atoms with Crippen molar-refractivity contribution in [3.05, 3.63) is 30.3 Å². The Hall–Kier alpha value is -0.0897. The van der Waals surface area contributed by atoms with E-state index in [-0.39, 0.29) is 22.4 Å². The van der Waals surface area contributed by atoms with Gasteiger partial charge in [0.05, 0.1) is 4.90 Å². The molecule has 0 atom stereocenters. The van der Waals surface area contributed by atoms with Crippen molar-refractivity contribution in [1.29, 1.82) is 0 Å². The summed E-state index contributed by atoms with van der Waals surface area (Å²) in [6, 6.07) is 8.29. The molecule has 0 aromatic heterocycles. The largest absolute Gasteiger partial charge is 0.227 e. The van der Waals surface area contributed by atoms with Crippen LogP contribution in [0.15, 0.2) is 35.2 Å². The van der Waals surface area contributed by atoms with E-state index in [2.05, 4.69) is 0 Å². The molecular weight excluding hydrogens is 244 g/mol. The molecule has 0 saturated carbocycles. The molecule has 0 fully saturated rings. The van der Waals surface area contributed by atoms with E-state index in [1.54, 1.807) is 30.3 Å². The molecular formula is C6H6AgO2S. The summed E-state index contributed by atoms with van der Waals surface area (Å²) in [6.45, 7) is 0. The summed E-state index contributed by atoms with van der Waals surface area (Å²) < 4.78 is 20.5. The quantitative estimate of drug-likeness (QED) is 0.586. The summed E-state index contributed by atoms with van der Waals surface area (Å²) in [5.74, 6) is 0. The summed E-state index contributed by atoms with van der Waals surface area (Å²) in [7, 11) is -2.40. The maximum Gasteiger partial charge on any atom is 0.168 e. The Balaban J connectivity index is 0.000000810. The van der Waals surface area contributed by atoms with Crippen molar-refractivity contribution in [2.75, 3.05) is 0 Å². The van der Waals surface area contributed by atoms with Crippen LogP contribution in [0.25, 0.3) is 0 Å². The van der Waals surface area contributed by atoms with Gasteiger partial charge in [0.25, 0.3) is 0 Å². The van der Waals surface area contributed by atoms with Crippen molar-refractivity contribution in [3.63, 3.8) is 0 Å². The molecule has 59 valence electrons. The number of hydrogen-bond acceptors (Lipinski definition) is 2. The third-order valence-corrected chi connectivity index (χ3v) is 1.69. The van der Waals surface area contributed by atoms with Crippen molar-refractivity contribution in [2.24, 2.45) is 0 Å². The van der Waals surface area contributed by atoms with E-state index in [1.807, 2.05) is 0 Å². The first-order chi connectivity index (χ1) is 4.30. The number of benzene rings is 1. The minimum Gasteiger partial charge on any atom is -0.227 e. The summed E-state index contributed by atoms with van der Waals surface area (Å²) in [5, 5.41) is 0. The molecule has 0 aliphatic heterocycles. The maximum atomic E-state index is 10.2. The van der Waals surface area contributed by atoms with E-state index in [0.29, 0.717) is 4.90 Å². The minimum atomic E-state index is -2.40. The molecule has 0 saturated heterocycles. The Kier molecular flexibility index (Phi) is 4.64. The second-order valence-corrected chi connectivity index (χ2v) is 2.62. The molecule has 0 unspecified atom stereocenters. The molecule has 4 heteroatoms. The molecule has 1 rings (SSSR count). The van der Waals surface area contributed by atoms with Gasteiger partial charge in [-0.1, -0.05) is 18.2 Å². The molecule has 0 amide bonds. The molecule has 0 aliphatic carbocycles. The fraction of sp³-hybridized carbons (Fsp3) is 0. The summed E-state index contributed by atoms with van der Waals surface area (Å²) >= 11 is 0. The zero-order valence-corrected chi connectivity index (χ0v) is 7.33. The van der Waals surface area contributed by atoms with Gasteiger partial charge in [-0.25, -0.2) is 8.42 Å². The van der Waals surface area contributed by atoms with Crippen LogP contribution in [-0.2, 0) is 33.1 Å². The van der Waals surface area contributed by atoms with Crippen molar-refractivity contribution < 1.29 is 30.8 Å². The second-order valence-electron chi connectivity index (χ2n) is 1.59. The first-order valence-electron chi connectivity index (χ1n) is 2.50. The van der Waals surface area contributed by atoms with Crippen molar-refractivity contribution in [2.45, 2.75) is 4.90 Å². The monoisotopic (exact) mass is 249 g/mol. The van der Waals surface area contributed by atoms with Gasteiger partial charge >= 0.3 is 0 Å². The molecule has 0 aliphatic rings. The van der Waals surface area contributed by atoms with Gasteiger partial charge < -0.3 is 0 Å². The van der Waals surface area contributed by atoms with Crippen molar-refractivity contribution in [1.82, 2.24) is 0 Å². The molecule has 1 radical (unpaired) electrons. The average molecular weight is 250 g/mol. The van der Waals surface area contributed by atoms with Gasteiger partial charge in [-0.3, -0.25) is 0 Å². The van der Waals surface area contributed by atoms with Gasteiger partial charge in [-0.05, 0) is 12.1 Å². The molecule has 10 heavy (non-hydrogen) atoms. The van der Waals surface area contributed by atoms with Crippen LogP contribution in [-0.4, -0.2) is 8.42 Å². The van der Waals surface area contributed by atoms with E-state index < -0.39 is 10.7 Å². The molecule has 1 aromatic carbocycles. The van der Waals surface area contributed by atoms with Gasteiger partial charge in [-0.15, -0.1) is 0 Å². The van der Waals surface area contributed by atoms with Crippen LogP contribution in [0.5, 0.6) is 0 Å². The standard InChI is InChI=1S/C6H6O2S.Ag/c7-9(8)6-4-2-1-3-5-6;/h1-5,9H;. The Morgan fingerprint density at radius 1 is 1.00 bits per heavy atom. The predicted molar refractivity (Wildman–Crippen MR) is 35.0 cm³/mol. The predicted octanol–water partition coefficient (Wildman–Crippen LogP) is 0.654.